The van der Waals surface area contributed by atoms with Crippen molar-refractivity contribution < 1.29 is 0 Å². The van der Waals surface area contributed by atoms with Gasteiger partial charge in [-0.05, 0) is 98.5 Å². The van der Waals surface area contributed by atoms with Crippen LogP contribution in [0.15, 0.2) is 36.4 Å². The van der Waals surface area contributed by atoms with Crippen molar-refractivity contribution in [2.24, 2.45) is 5.92 Å². The molecule has 178 valence electrons. The van der Waals surface area contributed by atoms with Crippen molar-refractivity contribution in [1.82, 2.24) is 4.90 Å². The molecule has 2 aromatic rings. The van der Waals surface area contributed by atoms with Gasteiger partial charge in [0.2, 0.25) is 0 Å². The molecule has 3 nitrogen and oxygen atoms in total. The van der Waals surface area contributed by atoms with Crippen LogP contribution in [0.2, 0.25) is 0 Å². The second-order valence-corrected chi connectivity index (χ2v) is 10.6. The fourth-order valence-electron chi connectivity index (χ4n) is 5.70. The van der Waals surface area contributed by atoms with Crippen LogP contribution >= 0.6 is 12.2 Å². The first kappa shape index (κ1) is 24.1. The van der Waals surface area contributed by atoms with Gasteiger partial charge in [-0.2, -0.15) is 0 Å². The Balaban J connectivity index is 1.59. The molecule has 0 radical (unpaired) electrons. The molecule has 1 aliphatic carbocycles. The summed E-state index contributed by atoms with van der Waals surface area (Å²) in [4.78, 5) is 5.06. The van der Waals surface area contributed by atoms with E-state index in [4.69, 9.17) is 12.2 Å². The van der Waals surface area contributed by atoms with E-state index in [2.05, 4.69) is 79.2 Å². The van der Waals surface area contributed by atoms with Crippen molar-refractivity contribution in [3.63, 3.8) is 0 Å². The Morgan fingerprint density at radius 3 is 2.73 bits per heavy atom. The van der Waals surface area contributed by atoms with E-state index in [1.807, 2.05) is 0 Å². The summed E-state index contributed by atoms with van der Waals surface area (Å²) >= 11 is 6.07. The Hall–Kier alpha value is -2.07. The topological polar surface area (TPSA) is 18.5 Å². The van der Waals surface area contributed by atoms with Crippen LogP contribution in [0.5, 0.6) is 0 Å². The molecule has 2 aromatic carbocycles. The van der Waals surface area contributed by atoms with Crippen LogP contribution in [0.3, 0.4) is 0 Å². The van der Waals surface area contributed by atoms with Gasteiger partial charge in [0.25, 0.3) is 0 Å². The molecule has 1 heterocycles. The molecule has 33 heavy (non-hydrogen) atoms. The molecule has 1 N–H and O–H groups in total. The SMILES string of the molecule is CCCN1CCCc2cc(CN(C(=S)Nc3cccc(C)c3C)[C@@H]3CCCC[C@@H]3C)ccc21. The normalized spacial score (nSPS) is 20.3. The molecule has 1 fully saturated rings. The third kappa shape index (κ3) is 5.54. The molecule has 0 saturated heterocycles. The number of hydrogen-bond acceptors (Lipinski definition) is 2. The first-order valence-electron chi connectivity index (χ1n) is 13.0. The zero-order valence-corrected chi connectivity index (χ0v) is 21.8. The molecule has 4 heteroatoms. The molecule has 0 bridgehead atoms. The maximum absolute atomic E-state index is 6.07. The van der Waals surface area contributed by atoms with Gasteiger partial charge in [0.15, 0.2) is 5.11 Å². The lowest BCUT2D eigenvalue weighted by atomic mass is 9.84. The van der Waals surface area contributed by atoms with Crippen molar-refractivity contribution in [3.8, 4) is 0 Å². The van der Waals surface area contributed by atoms with Gasteiger partial charge in [0, 0.05) is 37.1 Å². The molecule has 1 saturated carbocycles. The van der Waals surface area contributed by atoms with Crippen LogP contribution in [0, 0.1) is 19.8 Å². The van der Waals surface area contributed by atoms with Crippen LogP contribution in [-0.2, 0) is 13.0 Å². The fourth-order valence-corrected chi connectivity index (χ4v) is 6.01. The highest BCUT2D eigenvalue weighted by Gasteiger charge is 2.29. The lowest BCUT2D eigenvalue weighted by molar-refractivity contribution is 0.177. The number of nitrogens with zero attached hydrogens (tertiary/aromatic N) is 2. The fraction of sp³-hybridized carbons (Fsp3) is 0.552. The number of benzene rings is 2. The molecular weight excluding hydrogens is 422 g/mol. The number of fused-ring (bicyclic) bond motifs is 1. The second-order valence-electron chi connectivity index (χ2n) is 10.2. The van der Waals surface area contributed by atoms with E-state index in [1.165, 1.54) is 79.4 Å². The van der Waals surface area contributed by atoms with Crippen LogP contribution < -0.4 is 10.2 Å². The summed E-state index contributed by atoms with van der Waals surface area (Å²) in [6, 6.07) is 14.1. The maximum atomic E-state index is 6.07. The minimum atomic E-state index is 0.497. The van der Waals surface area contributed by atoms with Gasteiger partial charge in [-0.25, -0.2) is 0 Å². The predicted molar refractivity (Wildman–Crippen MR) is 146 cm³/mol. The highest BCUT2D eigenvalue weighted by Crippen LogP contribution is 2.32. The quantitative estimate of drug-likeness (QED) is 0.455. The van der Waals surface area contributed by atoms with Gasteiger partial charge in [-0.15, -0.1) is 0 Å². The maximum Gasteiger partial charge on any atom is 0.173 e. The standard InChI is InChI=1S/C29H41N3S/c1-5-17-31-18-9-12-25-19-24(15-16-28(25)31)20-32(27-14-7-6-10-22(27)3)29(33)30-26-13-8-11-21(2)23(26)4/h8,11,13,15-16,19,22,27H,5-7,9-10,12,14,17-18,20H2,1-4H3,(H,30,33)/t22-,27+/m0/s1. The Bertz CT molecular complexity index is 969. The average molecular weight is 464 g/mol. The number of hydrogen-bond donors (Lipinski definition) is 1. The summed E-state index contributed by atoms with van der Waals surface area (Å²) in [5.74, 6) is 0.662. The molecular formula is C29H41N3S. The summed E-state index contributed by atoms with van der Waals surface area (Å²) in [5.41, 5.74) is 8.05. The van der Waals surface area contributed by atoms with E-state index in [0.717, 1.165) is 23.9 Å². The third-order valence-corrected chi connectivity index (χ3v) is 8.12. The minimum absolute atomic E-state index is 0.497. The number of anilines is 2. The Labute approximate surface area is 206 Å². The first-order chi connectivity index (χ1) is 16.0. The lowest BCUT2D eigenvalue weighted by Gasteiger charge is -2.40. The number of nitrogens with one attached hydrogen (secondary N) is 1. The Morgan fingerprint density at radius 2 is 1.94 bits per heavy atom. The van der Waals surface area contributed by atoms with Crippen LogP contribution in [0.25, 0.3) is 0 Å². The minimum Gasteiger partial charge on any atom is -0.371 e. The molecule has 1 aliphatic heterocycles. The van der Waals surface area contributed by atoms with Gasteiger partial charge in [-0.3, -0.25) is 0 Å². The van der Waals surface area contributed by atoms with Crippen LogP contribution in [0.4, 0.5) is 11.4 Å². The van der Waals surface area contributed by atoms with Gasteiger partial charge in [0.05, 0.1) is 0 Å². The smallest absolute Gasteiger partial charge is 0.173 e. The van der Waals surface area contributed by atoms with E-state index in [1.54, 1.807) is 0 Å². The highest BCUT2D eigenvalue weighted by molar-refractivity contribution is 7.80. The first-order valence-corrected chi connectivity index (χ1v) is 13.4. The molecule has 0 aromatic heterocycles. The second kappa shape index (κ2) is 10.9. The van der Waals surface area contributed by atoms with Crippen molar-refractivity contribution in [3.05, 3.63) is 58.7 Å². The number of thiocarbonyl (C=S) groups is 1. The zero-order valence-electron chi connectivity index (χ0n) is 21.0. The third-order valence-electron chi connectivity index (χ3n) is 7.78. The van der Waals surface area contributed by atoms with Crippen molar-refractivity contribution in [2.75, 3.05) is 23.3 Å². The summed E-state index contributed by atoms with van der Waals surface area (Å²) in [6.45, 7) is 12.3. The number of rotatable bonds is 6. The monoisotopic (exact) mass is 463 g/mol. The van der Waals surface area contributed by atoms with Crippen molar-refractivity contribution in [2.45, 2.75) is 85.2 Å². The van der Waals surface area contributed by atoms with E-state index < -0.39 is 0 Å². The lowest BCUT2D eigenvalue weighted by Crippen LogP contribution is -2.46. The molecule has 0 unspecified atom stereocenters. The Kier molecular flexibility index (Phi) is 7.95. The Morgan fingerprint density at radius 1 is 1.12 bits per heavy atom. The van der Waals surface area contributed by atoms with Crippen LogP contribution in [-0.4, -0.2) is 29.1 Å². The summed E-state index contributed by atoms with van der Waals surface area (Å²) in [5, 5.41) is 4.49. The zero-order chi connectivity index (χ0) is 23.4. The van der Waals surface area contributed by atoms with Gasteiger partial charge in [-0.1, -0.05) is 51.0 Å². The van der Waals surface area contributed by atoms with Crippen molar-refractivity contribution in [1.29, 1.82) is 0 Å². The predicted octanol–water partition coefficient (Wildman–Crippen LogP) is 7.24. The summed E-state index contributed by atoms with van der Waals surface area (Å²) in [7, 11) is 0. The highest BCUT2D eigenvalue weighted by atomic mass is 32.1. The average Bonchev–Trinajstić information content (AvgIpc) is 2.81. The van der Waals surface area contributed by atoms with E-state index >= 15 is 0 Å². The molecule has 2 atom stereocenters. The summed E-state index contributed by atoms with van der Waals surface area (Å²) in [6.07, 6.45) is 8.81. The van der Waals surface area contributed by atoms with E-state index in [9.17, 15) is 0 Å². The van der Waals surface area contributed by atoms with Gasteiger partial charge in [0.1, 0.15) is 0 Å². The van der Waals surface area contributed by atoms with E-state index in [0.29, 0.717) is 12.0 Å². The van der Waals surface area contributed by atoms with Crippen molar-refractivity contribution >= 4 is 28.7 Å². The number of aryl methyl sites for hydroxylation is 2. The molecule has 2 aliphatic rings. The molecule has 0 amide bonds. The molecule has 0 spiro atoms. The van der Waals surface area contributed by atoms with E-state index in [-0.39, 0.29) is 0 Å². The van der Waals surface area contributed by atoms with Gasteiger partial charge < -0.3 is 15.1 Å². The summed E-state index contributed by atoms with van der Waals surface area (Å²) < 4.78 is 0. The van der Waals surface area contributed by atoms with Crippen LogP contribution in [0.1, 0.15) is 74.6 Å². The van der Waals surface area contributed by atoms with Gasteiger partial charge >= 0.3 is 0 Å². The molecule has 4 rings (SSSR count). The largest absolute Gasteiger partial charge is 0.371 e.